The molecule has 1 heterocycles. The monoisotopic (exact) mass is 277 g/mol. The molecule has 0 saturated carbocycles. The molecule has 1 N–H and O–H groups in total. The molecule has 0 aromatic heterocycles. The molecule has 2 rings (SSSR count). The zero-order chi connectivity index (χ0) is 14.5. The molecule has 1 unspecified atom stereocenters. The van der Waals surface area contributed by atoms with Crippen molar-refractivity contribution in [2.24, 2.45) is 0 Å². The van der Waals surface area contributed by atoms with Gasteiger partial charge in [-0.15, -0.1) is 0 Å². The molecule has 1 aliphatic rings. The van der Waals surface area contributed by atoms with E-state index in [9.17, 15) is 9.90 Å². The van der Waals surface area contributed by atoms with Crippen molar-refractivity contribution in [3.8, 4) is 5.75 Å². The molecule has 0 amide bonds. The second-order valence-corrected chi connectivity index (χ2v) is 5.43. The number of ether oxygens (including phenoxy) is 1. The van der Waals surface area contributed by atoms with Crippen LogP contribution in [-0.2, 0) is 4.79 Å². The highest BCUT2D eigenvalue weighted by Crippen LogP contribution is 2.21. The van der Waals surface area contributed by atoms with E-state index in [1.807, 2.05) is 31.2 Å². The predicted octanol–water partition coefficient (Wildman–Crippen LogP) is 2.70. The first-order valence-electron chi connectivity index (χ1n) is 7.30. The average molecular weight is 277 g/mol. The van der Waals surface area contributed by atoms with Crippen LogP contribution in [0.1, 0.15) is 31.7 Å². The fourth-order valence-electron chi connectivity index (χ4n) is 2.70. The Balaban J connectivity index is 1.85. The number of aliphatic carboxylic acids is 1. The van der Waals surface area contributed by atoms with Crippen molar-refractivity contribution in [3.05, 3.63) is 29.8 Å². The molecule has 1 saturated heterocycles. The van der Waals surface area contributed by atoms with Gasteiger partial charge in [0.2, 0.25) is 0 Å². The van der Waals surface area contributed by atoms with Gasteiger partial charge in [0.1, 0.15) is 17.9 Å². The van der Waals surface area contributed by atoms with Crippen LogP contribution in [0.5, 0.6) is 5.75 Å². The number of carbonyl (C=O) groups is 1. The van der Waals surface area contributed by atoms with E-state index in [0.29, 0.717) is 6.42 Å². The highest BCUT2D eigenvalue weighted by molar-refractivity contribution is 5.73. The maximum Gasteiger partial charge on any atom is 0.320 e. The number of rotatable bonds is 5. The molecule has 110 valence electrons. The van der Waals surface area contributed by atoms with Crippen molar-refractivity contribution < 1.29 is 14.6 Å². The van der Waals surface area contributed by atoms with Gasteiger partial charge < -0.3 is 9.84 Å². The van der Waals surface area contributed by atoms with Crippen LogP contribution < -0.4 is 4.74 Å². The Labute approximate surface area is 120 Å². The Hall–Kier alpha value is -1.55. The van der Waals surface area contributed by atoms with Crippen LogP contribution in [-0.4, -0.2) is 41.2 Å². The summed E-state index contributed by atoms with van der Waals surface area (Å²) in [5.41, 5.74) is 1.22. The molecule has 4 nitrogen and oxygen atoms in total. The first-order valence-corrected chi connectivity index (χ1v) is 7.30. The van der Waals surface area contributed by atoms with Gasteiger partial charge in [-0.2, -0.15) is 0 Å². The van der Waals surface area contributed by atoms with E-state index in [1.165, 1.54) is 5.56 Å². The Morgan fingerprint density at radius 3 is 2.45 bits per heavy atom. The first kappa shape index (κ1) is 14.9. The lowest BCUT2D eigenvalue weighted by atomic mass is 10.0. The number of hydrogen-bond acceptors (Lipinski definition) is 3. The summed E-state index contributed by atoms with van der Waals surface area (Å²) in [6.45, 7) is 5.56. The van der Waals surface area contributed by atoms with Crippen molar-refractivity contribution in [1.29, 1.82) is 0 Å². The molecule has 1 aromatic rings. The molecule has 1 fully saturated rings. The number of likely N-dealkylation sites (tertiary alicyclic amines) is 1. The molecule has 1 aliphatic heterocycles. The van der Waals surface area contributed by atoms with Gasteiger partial charge in [0.05, 0.1) is 0 Å². The number of benzene rings is 1. The Kier molecular flexibility index (Phi) is 5.01. The molecule has 0 bridgehead atoms. The molecule has 0 spiro atoms. The SMILES string of the molecule is CCC(C(=O)O)N1CCC(Oc2ccc(C)cc2)CC1. The number of piperidine rings is 1. The van der Waals surface area contributed by atoms with Crippen molar-refractivity contribution >= 4 is 5.97 Å². The van der Waals surface area contributed by atoms with E-state index in [1.54, 1.807) is 0 Å². The third kappa shape index (κ3) is 3.73. The third-order valence-corrected chi connectivity index (χ3v) is 3.91. The highest BCUT2D eigenvalue weighted by atomic mass is 16.5. The van der Waals surface area contributed by atoms with Crippen molar-refractivity contribution in [3.63, 3.8) is 0 Å². The predicted molar refractivity (Wildman–Crippen MR) is 78.1 cm³/mol. The lowest BCUT2D eigenvalue weighted by Crippen LogP contribution is -2.47. The van der Waals surface area contributed by atoms with Gasteiger partial charge in [-0.3, -0.25) is 9.69 Å². The van der Waals surface area contributed by atoms with Crippen LogP contribution in [0.25, 0.3) is 0 Å². The average Bonchev–Trinajstić information content (AvgIpc) is 2.44. The van der Waals surface area contributed by atoms with Crippen LogP contribution >= 0.6 is 0 Å². The summed E-state index contributed by atoms with van der Waals surface area (Å²) in [5, 5.41) is 9.18. The number of hydrogen-bond donors (Lipinski definition) is 1. The van der Waals surface area contributed by atoms with Gasteiger partial charge >= 0.3 is 5.97 Å². The minimum Gasteiger partial charge on any atom is -0.490 e. The van der Waals surface area contributed by atoms with Crippen LogP contribution in [0.4, 0.5) is 0 Å². The zero-order valence-electron chi connectivity index (χ0n) is 12.2. The van der Waals surface area contributed by atoms with E-state index < -0.39 is 5.97 Å². The lowest BCUT2D eigenvalue weighted by Gasteiger charge is -2.35. The highest BCUT2D eigenvalue weighted by Gasteiger charge is 2.28. The van der Waals surface area contributed by atoms with E-state index >= 15 is 0 Å². The van der Waals surface area contributed by atoms with Crippen molar-refractivity contribution in [2.45, 2.75) is 45.3 Å². The van der Waals surface area contributed by atoms with Crippen LogP contribution in [0, 0.1) is 6.92 Å². The number of aryl methyl sites for hydroxylation is 1. The standard InChI is InChI=1S/C16H23NO3/c1-3-15(16(18)19)17-10-8-14(9-11-17)20-13-6-4-12(2)5-7-13/h4-7,14-15H,3,8-11H2,1-2H3,(H,18,19). The Morgan fingerprint density at radius 2 is 1.95 bits per heavy atom. The summed E-state index contributed by atoms with van der Waals surface area (Å²) in [4.78, 5) is 13.2. The largest absolute Gasteiger partial charge is 0.490 e. The van der Waals surface area contributed by atoms with Gasteiger partial charge in [-0.05, 0) is 38.3 Å². The summed E-state index contributed by atoms with van der Waals surface area (Å²) < 4.78 is 5.96. The zero-order valence-corrected chi connectivity index (χ0v) is 12.2. The van der Waals surface area contributed by atoms with Crippen molar-refractivity contribution in [2.75, 3.05) is 13.1 Å². The maximum atomic E-state index is 11.2. The van der Waals surface area contributed by atoms with Gasteiger partial charge in [0, 0.05) is 13.1 Å². The normalized spacial score (nSPS) is 18.7. The van der Waals surface area contributed by atoms with Crippen LogP contribution in [0.3, 0.4) is 0 Å². The summed E-state index contributed by atoms with van der Waals surface area (Å²) in [7, 11) is 0. The fraction of sp³-hybridized carbons (Fsp3) is 0.562. The van der Waals surface area contributed by atoms with E-state index in [4.69, 9.17) is 4.74 Å². The van der Waals surface area contributed by atoms with Crippen LogP contribution in [0.15, 0.2) is 24.3 Å². The summed E-state index contributed by atoms with van der Waals surface area (Å²) in [6.07, 6.45) is 2.62. The van der Waals surface area contributed by atoms with Crippen LogP contribution in [0.2, 0.25) is 0 Å². The minimum absolute atomic E-state index is 0.195. The second kappa shape index (κ2) is 6.75. The summed E-state index contributed by atoms with van der Waals surface area (Å²) >= 11 is 0. The quantitative estimate of drug-likeness (QED) is 0.899. The molecule has 4 heteroatoms. The van der Waals surface area contributed by atoms with Gasteiger partial charge in [0.25, 0.3) is 0 Å². The van der Waals surface area contributed by atoms with E-state index in [2.05, 4.69) is 11.8 Å². The smallest absolute Gasteiger partial charge is 0.320 e. The molecule has 1 aromatic carbocycles. The molecule has 0 radical (unpaired) electrons. The minimum atomic E-state index is -0.717. The number of carboxylic acids is 1. The molecule has 20 heavy (non-hydrogen) atoms. The van der Waals surface area contributed by atoms with E-state index in [0.717, 1.165) is 31.7 Å². The fourth-order valence-corrected chi connectivity index (χ4v) is 2.70. The second-order valence-electron chi connectivity index (χ2n) is 5.43. The molecular formula is C16H23NO3. The Morgan fingerprint density at radius 1 is 1.35 bits per heavy atom. The maximum absolute atomic E-state index is 11.2. The molecular weight excluding hydrogens is 254 g/mol. The molecule has 1 atom stereocenters. The first-order chi connectivity index (χ1) is 9.60. The Bertz CT molecular complexity index is 436. The molecule has 0 aliphatic carbocycles. The lowest BCUT2D eigenvalue weighted by molar-refractivity contribution is -0.144. The summed E-state index contributed by atoms with van der Waals surface area (Å²) in [5.74, 6) is 0.185. The topological polar surface area (TPSA) is 49.8 Å². The number of carboxylic acid groups (broad SMARTS) is 1. The summed E-state index contributed by atoms with van der Waals surface area (Å²) in [6, 6.07) is 7.72. The number of nitrogens with zero attached hydrogens (tertiary/aromatic N) is 1. The third-order valence-electron chi connectivity index (χ3n) is 3.91. The van der Waals surface area contributed by atoms with Gasteiger partial charge in [-0.25, -0.2) is 0 Å². The van der Waals surface area contributed by atoms with Crippen molar-refractivity contribution in [1.82, 2.24) is 4.90 Å². The van der Waals surface area contributed by atoms with Gasteiger partial charge in [0.15, 0.2) is 0 Å². The van der Waals surface area contributed by atoms with E-state index in [-0.39, 0.29) is 12.1 Å². The van der Waals surface area contributed by atoms with Gasteiger partial charge in [-0.1, -0.05) is 24.6 Å².